The van der Waals surface area contributed by atoms with Crippen molar-refractivity contribution in [3.63, 3.8) is 0 Å². The summed E-state index contributed by atoms with van der Waals surface area (Å²) in [6.07, 6.45) is 4.93. The van der Waals surface area contributed by atoms with Gasteiger partial charge in [-0.2, -0.15) is 0 Å². The van der Waals surface area contributed by atoms with Gasteiger partial charge >= 0.3 is 0 Å². The van der Waals surface area contributed by atoms with Crippen molar-refractivity contribution < 1.29 is 4.79 Å². The summed E-state index contributed by atoms with van der Waals surface area (Å²) in [5.41, 5.74) is 0. The number of fused-ring (bicyclic) bond motifs is 1. The number of thioether (sulfide) groups is 1. The molecular formula is C11H17N5OS. The van der Waals surface area contributed by atoms with Crippen LogP contribution in [-0.4, -0.2) is 32.3 Å². The molecule has 1 aliphatic rings. The van der Waals surface area contributed by atoms with Crippen LogP contribution >= 0.6 is 11.8 Å². The molecule has 1 aromatic heterocycles. The highest BCUT2D eigenvalue weighted by molar-refractivity contribution is 7.99. The van der Waals surface area contributed by atoms with Crippen molar-refractivity contribution in [2.75, 3.05) is 11.1 Å². The summed E-state index contributed by atoms with van der Waals surface area (Å²) in [5.74, 6) is 1.39. The lowest BCUT2D eigenvalue weighted by molar-refractivity contribution is -0.115. The lowest BCUT2D eigenvalue weighted by Crippen LogP contribution is -2.29. The second-order valence-electron chi connectivity index (χ2n) is 4.22. The number of hydrogen-bond donors (Lipinski definition) is 2. The van der Waals surface area contributed by atoms with Crippen molar-refractivity contribution in [2.24, 2.45) is 0 Å². The molecule has 0 atom stereocenters. The van der Waals surface area contributed by atoms with Gasteiger partial charge in [-0.3, -0.25) is 15.5 Å². The van der Waals surface area contributed by atoms with E-state index in [1.54, 1.807) is 16.3 Å². The molecule has 7 heteroatoms. The van der Waals surface area contributed by atoms with E-state index in [0.717, 1.165) is 12.2 Å². The van der Waals surface area contributed by atoms with E-state index in [9.17, 15) is 4.79 Å². The van der Waals surface area contributed by atoms with Crippen LogP contribution in [0.5, 0.6) is 0 Å². The number of unbranched alkanes of at least 4 members (excludes halogenated alkanes) is 3. The van der Waals surface area contributed by atoms with E-state index in [1.807, 2.05) is 0 Å². The smallest absolute Gasteiger partial charge is 0.237 e. The number of carbonyl (C=O) groups is 1. The van der Waals surface area contributed by atoms with Crippen LogP contribution in [0.4, 0.5) is 5.95 Å². The molecule has 18 heavy (non-hydrogen) atoms. The van der Waals surface area contributed by atoms with Gasteiger partial charge in [-0.15, -0.1) is 10.2 Å². The SMILES string of the molecule is CCCCCCSc1nnc2n1C(=N)CC(=O)N2. The number of aromatic nitrogens is 3. The molecular weight excluding hydrogens is 250 g/mol. The van der Waals surface area contributed by atoms with E-state index in [0.29, 0.717) is 11.1 Å². The Hall–Kier alpha value is -1.37. The molecule has 0 fully saturated rings. The van der Waals surface area contributed by atoms with E-state index in [2.05, 4.69) is 22.4 Å². The highest BCUT2D eigenvalue weighted by Gasteiger charge is 2.24. The number of anilines is 1. The second-order valence-corrected chi connectivity index (χ2v) is 5.28. The molecule has 6 nitrogen and oxygen atoms in total. The zero-order valence-corrected chi connectivity index (χ0v) is 11.2. The van der Waals surface area contributed by atoms with E-state index in [-0.39, 0.29) is 18.2 Å². The van der Waals surface area contributed by atoms with Gasteiger partial charge in [0.1, 0.15) is 5.84 Å². The average Bonchev–Trinajstić information content (AvgIpc) is 2.72. The molecule has 2 N–H and O–H groups in total. The molecule has 1 aliphatic heterocycles. The Labute approximate surface area is 110 Å². The summed E-state index contributed by atoms with van der Waals surface area (Å²) in [6.45, 7) is 2.19. The number of amides is 1. The standard InChI is InChI=1S/C11H17N5OS/c1-2-3-4-5-6-18-11-15-14-10-13-9(17)7-8(12)16(10)11/h12H,2-7H2,1H3,(H,13,14,17). The Morgan fingerprint density at radius 1 is 1.39 bits per heavy atom. The van der Waals surface area contributed by atoms with Crippen LogP contribution in [0.2, 0.25) is 0 Å². The van der Waals surface area contributed by atoms with Crippen LogP contribution in [0.25, 0.3) is 0 Å². The van der Waals surface area contributed by atoms with Crippen LogP contribution in [0.15, 0.2) is 5.16 Å². The molecule has 1 aromatic rings. The molecule has 0 spiro atoms. The maximum atomic E-state index is 11.2. The van der Waals surface area contributed by atoms with Gasteiger partial charge in [0.15, 0.2) is 5.16 Å². The minimum Gasteiger partial charge on any atom is -0.294 e. The van der Waals surface area contributed by atoms with Crippen molar-refractivity contribution in [3.05, 3.63) is 0 Å². The first kappa shape index (κ1) is 13.1. The zero-order chi connectivity index (χ0) is 13.0. The Morgan fingerprint density at radius 3 is 3.00 bits per heavy atom. The number of hydrogen-bond acceptors (Lipinski definition) is 5. The normalized spacial score (nSPS) is 14.5. The second kappa shape index (κ2) is 5.99. The minimum atomic E-state index is -0.195. The molecule has 2 heterocycles. The quantitative estimate of drug-likeness (QED) is 0.611. The predicted octanol–water partition coefficient (Wildman–Crippen LogP) is 2.12. The zero-order valence-electron chi connectivity index (χ0n) is 10.4. The van der Waals surface area contributed by atoms with E-state index in [4.69, 9.17) is 5.41 Å². The van der Waals surface area contributed by atoms with Gasteiger partial charge in [-0.05, 0) is 6.42 Å². The Bertz CT molecular complexity index is 456. The van der Waals surface area contributed by atoms with E-state index >= 15 is 0 Å². The van der Waals surface area contributed by atoms with Crippen molar-refractivity contribution >= 4 is 29.5 Å². The molecule has 1 amide bonds. The summed E-state index contributed by atoms with van der Waals surface area (Å²) in [6, 6.07) is 0. The molecule has 0 radical (unpaired) electrons. The third-order valence-corrected chi connectivity index (χ3v) is 3.73. The van der Waals surface area contributed by atoms with Crippen LogP contribution < -0.4 is 5.32 Å². The Balaban J connectivity index is 1.94. The van der Waals surface area contributed by atoms with Gasteiger partial charge in [0.2, 0.25) is 11.9 Å². The maximum Gasteiger partial charge on any atom is 0.237 e. The van der Waals surface area contributed by atoms with Crippen LogP contribution in [0.3, 0.4) is 0 Å². The first-order valence-electron chi connectivity index (χ1n) is 6.18. The highest BCUT2D eigenvalue weighted by Crippen LogP contribution is 2.23. The highest BCUT2D eigenvalue weighted by atomic mass is 32.2. The van der Waals surface area contributed by atoms with Gasteiger partial charge in [0.05, 0.1) is 6.42 Å². The molecule has 0 saturated heterocycles. The fourth-order valence-corrected chi connectivity index (χ4v) is 2.74. The third-order valence-electron chi connectivity index (χ3n) is 2.71. The fourth-order valence-electron chi connectivity index (χ4n) is 1.78. The van der Waals surface area contributed by atoms with Gasteiger partial charge in [-0.1, -0.05) is 37.9 Å². The lowest BCUT2D eigenvalue weighted by Gasteiger charge is -2.15. The van der Waals surface area contributed by atoms with Crippen LogP contribution in [0.1, 0.15) is 39.0 Å². The molecule has 0 unspecified atom stereocenters. The maximum absolute atomic E-state index is 11.2. The number of nitrogens with one attached hydrogen (secondary N) is 2. The minimum absolute atomic E-state index is 0.0917. The predicted molar refractivity (Wildman–Crippen MR) is 71.3 cm³/mol. The van der Waals surface area contributed by atoms with E-state index in [1.165, 1.54) is 19.3 Å². The largest absolute Gasteiger partial charge is 0.294 e. The van der Waals surface area contributed by atoms with Gasteiger partial charge in [-0.25, -0.2) is 4.57 Å². The van der Waals surface area contributed by atoms with Crippen molar-refractivity contribution in [1.29, 1.82) is 5.41 Å². The summed E-state index contributed by atoms with van der Waals surface area (Å²) in [7, 11) is 0. The van der Waals surface area contributed by atoms with Crippen molar-refractivity contribution in [3.8, 4) is 0 Å². The summed E-state index contributed by atoms with van der Waals surface area (Å²) in [4.78, 5) is 11.2. The molecule has 0 saturated carbocycles. The van der Waals surface area contributed by atoms with Crippen molar-refractivity contribution in [2.45, 2.75) is 44.2 Å². The van der Waals surface area contributed by atoms with Gasteiger partial charge in [0.25, 0.3) is 0 Å². The first-order valence-corrected chi connectivity index (χ1v) is 7.16. The topological polar surface area (TPSA) is 83.7 Å². The van der Waals surface area contributed by atoms with Crippen molar-refractivity contribution in [1.82, 2.24) is 14.8 Å². The van der Waals surface area contributed by atoms with Crippen LogP contribution in [-0.2, 0) is 4.79 Å². The molecule has 0 aliphatic carbocycles. The summed E-state index contributed by atoms with van der Waals surface area (Å²) >= 11 is 1.59. The molecule has 0 aromatic carbocycles. The number of rotatable bonds is 6. The third kappa shape index (κ3) is 2.90. The summed E-state index contributed by atoms with van der Waals surface area (Å²) in [5, 5.41) is 19.0. The molecule has 98 valence electrons. The van der Waals surface area contributed by atoms with Crippen LogP contribution in [0, 0.1) is 5.41 Å². The Kier molecular flexibility index (Phi) is 4.35. The Morgan fingerprint density at radius 2 is 2.22 bits per heavy atom. The monoisotopic (exact) mass is 267 g/mol. The molecule has 0 bridgehead atoms. The summed E-state index contributed by atoms with van der Waals surface area (Å²) < 4.78 is 1.62. The van der Waals surface area contributed by atoms with Gasteiger partial charge in [0, 0.05) is 5.75 Å². The number of nitrogens with zero attached hydrogens (tertiary/aromatic N) is 3. The lowest BCUT2D eigenvalue weighted by atomic mass is 10.2. The number of carbonyl (C=O) groups excluding carboxylic acids is 1. The fraction of sp³-hybridized carbons (Fsp3) is 0.636. The van der Waals surface area contributed by atoms with E-state index < -0.39 is 0 Å². The molecule has 2 rings (SSSR count). The van der Waals surface area contributed by atoms with Gasteiger partial charge < -0.3 is 0 Å². The first-order chi connectivity index (χ1) is 8.72. The average molecular weight is 267 g/mol.